The average Bonchev–Trinajstić information content (AvgIpc) is 2.94. The SMILES string of the molecule is CN/C(=C\N(N)c1cc(C(=O)Nc2cc(C(F)(F)F)cc(CNC(C)C)c2OC)ccc1C)c1cncc(C#N)c1. The standard InChI is InChI=1S/C29H32F3N7O2/c1-17(2)37-15-22-9-23(29(30,31)32)11-24(27(22)41-5)38-28(40)20-7-6-18(3)26(10-20)39(34)16-25(35-4)21-8-19(12-33)13-36-14-21/h6-11,13-14,16-17,35,37H,15,34H2,1-5H3,(H,38,40)/b25-16-. The number of nitrogens with zero attached hydrogens (tertiary/aromatic N) is 3. The van der Waals surface area contributed by atoms with Crippen molar-refractivity contribution in [2.24, 2.45) is 5.84 Å². The lowest BCUT2D eigenvalue weighted by Crippen LogP contribution is -2.27. The Hall–Kier alpha value is -4.60. The van der Waals surface area contributed by atoms with E-state index < -0.39 is 17.6 Å². The number of halogens is 3. The summed E-state index contributed by atoms with van der Waals surface area (Å²) >= 11 is 0. The molecule has 0 spiro atoms. The fourth-order valence-corrected chi connectivity index (χ4v) is 4.00. The topological polar surface area (TPSA) is 128 Å². The highest BCUT2D eigenvalue weighted by Gasteiger charge is 2.33. The number of amides is 1. The molecule has 0 atom stereocenters. The van der Waals surface area contributed by atoms with Crippen molar-refractivity contribution in [2.45, 2.75) is 39.5 Å². The Morgan fingerprint density at radius 2 is 1.93 bits per heavy atom. The number of rotatable bonds is 10. The molecule has 0 bridgehead atoms. The van der Waals surface area contributed by atoms with E-state index in [1.807, 2.05) is 19.9 Å². The van der Waals surface area contributed by atoms with Crippen molar-refractivity contribution in [1.82, 2.24) is 15.6 Å². The molecule has 0 fully saturated rings. The lowest BCUT2D eigenvalue weighted by atomic mass is 10.1. The van der Waals surface area contributed by atoms with Crippen LogP contribution in [0, 0.1) is 18.3 Å². The zero-order valence-electron chi connectivity index (χ0n) is 23.3. The minimum absolute atomic E-state index is 0.0153. The summed E-state index contributed by atoms with van der Waals surface area (Å²) in [5.74, 6) is 5.82. The number of hydrogen-bond acceptors (Lipinski definition) is 8. The number of nitrogens with one attached hydrogen (secondary N) is 3. The Labute approximate surface area is 236 Å². The summed E-state index contributed by atoms with van der Waals surface area (Å²) in [4.78, 5) is 17.3. The van der Waals surface area contributed by atoms with Crippen LogP contribution in [0.15, 0.2) is 55.0 Å². The van der Waals surface area contributed by atoms with Crippen molar-refractivity contribution >= 4 is 23.0 Å². The van der Waals surface area contributed by atoms with Crippen molar-refractivity contribution < 1.29 is 22.7 Å². The van der Waals surface area contributed by atoms with Crippen molar-refractivity contribution in [3.63, 3.8) is 0 Å². The molecule has 9 nitrogen and oxygen atoms in total. The van der Waals surface area contributed by atoms with Crippen LogP contribution in [0.2, 0.25) is 0 Å². The van der Waals surface area contributed by atoms with Crippen LogP contribution in [0.3, 0.4) is 0 Å². The predicted octanol–water partition coefficient (Wildman–Crippen LogP) is 4.94. The number of benzene rings is 2. The molecule has 5 N–H and O–H groups in total. The highest BCUT2D eigenvalue weighted by Crippen LogP contribution is 2.38. The zero-order chi connectivity index (χ0) is 30.3. The number of anilines is 2. The Bertz CT molecular complexity index is 1480. The number of alkyl halides is 3. The zero-order valence-corrected chi connectivity index (χ0v) is 23.3. The Morgan fingerprint density at radius 1 is 1.20 bits per heavy atom. The monoisotopic (exact) mass is 567 g/mol. The number of carbonyl (C=O) groups excluding carboxylic acids is 1. The lowest BCUT2D eigenvalue weighted by Gasteiger charge is -2.21. The van der Waals surface area contributed by atoms with Crippen molar-refractivity contribution in [3.8, 4) is 11.8 Å². The number of hydrazine groups is 1. The normalized spacial score (nSPS) is 11.7. The Balaban J connectivity index is 1.97. The number of pyridine rings is 1. The van der Waals surface area contributed by atoms with E-state index in [4.69, 9.17) is 10.6 Å². The van der Waals surface area contributed by atoms with E-state index in [0.717, 1.165) is 17.7 Å². The summed E-state index contributed by atoms with van der Waals surface area (Å²) in [6.45, 7) is 5.64. The van der Waals surface area contributed by atoms with E-state index in [9.17, 15) is 23.2 Å². The number of aromatic nitrogens is 1. The maximum Gasteiger partial charge on any atom is 0.416 e. The summed E-state index contributed by atoms with van der Waals surface area (Å²) in [6.07, 6.45) is -0.0470. The van der Waals surface area contributed by atoms with Gasteiger partial charge in [0.25, 0.3) is 5.91 Å². The summed E-state index contributed by atoms with van der Waals surface area (Å²) in [7, 11) is 3.02. The smallest absolute Gasteiger partial charge is 0.416 e. The van der Waals surface area contributed by atoms with Gasteiger partial charge in [0.1, 0.15) is 11.8 Å². The molecule has 0 radical (unpaired) electrons. The molecule has 216 valence electrons. The molecular formula is C29H32F3N7O2. The van der Waals surface area contributed by atoms with E-state index in [1.54, 1.807) is 44.6 Å². The van der Waals surface area contributed by atoms with Crippen molar-refractivity contribution in [2.75, 3.05) is 24.5 Å². The molecule has 0 aliphatic heterocycles. The highest BCUT2D eigenvalue weighted by atomic mass is 19.4. The first-order chi connectivity index (χ1) is 19.4. The van der Waals surface area contributed by atoms with Gasteiger partial charge in [-0.05, 0) is 42.8 Å². The van der Waals surface area contributed by atoms with E-state index >= 15 is 0 Å². The number of aryl methyl sites for hydroxylation is 1. The third kappa shape index (κ3) is 7.75. The third-order valence-electron chi connectivity index (χ3n) is 6.11. The number of nitrogens with two attached hydrogens (primary N) is 1. The molecule has 3 rings (SSSR count). The van der Waals surface area contributed by atoms with Gasteiger partial charge in [-0.25, -0.2) is 5.84 Å². The van der Waals surface area contributed by atoms with Crippen LogP contribution >= 0.6 is 0 Å². The van der Waals surface area contributed by atoms with Gasteiger partial charge in [0, 0.05) is 54.9 Å². The van der Waals surface area contributed by atoms with Crippen molar-refractivity contribution in [1.29, 1.82) is 5.26 Å². The Kier molecular flexibility index (Phi) is 9.94. The first-order valence-corrected chi connectivity index (χ1v) is 12.6. The first kappa shape index (κ1) is 30.9. The molecule has 0 saturated heterocycles. The summed E-state index contributed by atoms with van der Waals surface area (Å²) in [6, 6.07) is 10.3. The maximum atomic E-state index is 13.7. The van der Waals surface area contributed by atoms with E-state index in [0.29, 0.717) is 22.5 Å². The molecule has 2 aromatic carbocycles. The largest absolute Gasteiger partial charge is 0.494 e. The number of methoxy groups -OCH3 is 1. The predicted molar refractivity (Wildman–Crippen MR) is 152 cm³/mol. The molecule has 0 aliphatic rings. The molecule has 1 aromatic heterocycles. The van der Waals surface area contributed by atoms with Gasteiger partial charge in [-0.2, -0.15) is 18.4 Å². The Morgan fingerprint density at radius 3 is 2.54 bits per heavy atom. The van der Waals surface area contributed by atoms with Gasteiger partial charge in [0.2, 0.25) is 0 Å². The van der Waals surface area contributed by atoms with E-state index in [1.165, 1.54) is 24.4 Å². The van der Waals surface area contributed by atoms with Crippen LogP contribution in [0.25, 0.3) is 5.70 Å². The number of carbonyl (C=O) groups is 1. The molecule has 3 aromatic rings. The third-order valence-corrected chi connectivity index (χ3v) is 6.11. The number of nitriles is 1. The summed E-state index contributed by atoms with van der Waals surface area (Å²) < 4.78 is 46.5. The number of ether oxygens (including phenoxy) is 1. The molecule has 12 heteroatoms. The first-order valence-electron chi connectivity index (χ1n) is 12.6. The fraction of sp³-hybridized carbons (Fsp3) is 0.276. The van der Waals surface area contributed by atoms with Crippen LogP contribution in [-0.4, -0.2) is 31.1 Å². The van der Waals surface area contributed by atoms with Crippen LogP contribution < -0.4 is 31.5 Å². The van der Waals surface area contributed by atoms with Gasteiger partial charge in [0.15, 0.2) is 0 Å². The lowest BCUT2D eigenvalue weighted by molar-refractivity contribution is -0.137. The summed E-state index contributed by atoms with van der Waals surface area (Å²) in [5.41, 5.74) is 2.14. The van der Waals surface area contributed by atoms with Crippen molar-refractivity contribution in [3.05, 3.63) is 88.4 Å². The summed E-state index contributed by atoms with van der Waals surface area (Å²) in [5, 5.41) is 19.2. The molecule has 0 aliphatic carbocycles. The van der Waals surface area contributed by atoms with Gasteiger partial charge in [-0.3, -0.25) is 14.8 Å². The maximum absolute atomic E-state index is 13.7. The minimum Gasteiger partial charge on any atom is -0.494 e. The second-order valence-corrected chi connectivity index (χ2v) is 9.48. The van der Waals surface area contributed by atoms with Gasteiger partial charge in [-0.1, -0.05) is 19.9 Å². The van der Waals surface area contributed by atoms with Crippen LogP contribution in [-0.2, 0) is 12.7 Å². The molecule has 1 amide bonds. The van der Waals surface area contributed by atoms with Gasteiger partial charge < -0.3 is 20.7 Å². The molecule has 0 unspecified atom stereocenters. The fourth-order valence-electron chi connectivity index (χ4n) is 4.00. The average molecular weight is 568 g/mol. The number of hydrogen-bond donors (Lipinski definition) is 4. The molecule has 41 heavy (non-hydrogen) atoms. The highest BCUT2D eigenvalue weighted by molar-refractivity contribution is 6.06. The second kappa shape index (κ2) is 13.2. The molecule has 1 heterocycles. The van der Waals surface area contributed by atoms with Crippen LogP contribution in [0.4, 0.5) is 24.5 Å². The van der Waals surface area contributed by atoms with Crippen LogP contribution in [0.5, 0.6) is 5.75 Å². The van der Waals surface area contributed by atoms with E-state index in [2.05, 4.69) is 20.9 Å². The second-order valence-electron chi connectivity index (χ2n) is 9.48. The minimum atomic E-state index is -4.63. The van der Waals surface area contributed by atoms with Gasteiger partial charge in [0.05, 0.1) is 35.3 Å². The molecular weight excluding hydrogens is 535 g/mol. The van der Waals surface area contributed by atoms with E-state index in [-0.39, 0.29) is 35.2 Å². The quantitative estimate of drug-likeness (QED) is 0.200. The molecule has 0 saturated carbocycles. The van der Waals surface area contributed by atoms with Gasteiger partial charge in [-0.15, -0.1) is 0 Å². The van der Waals surface area contributed by atoms with Gasteiger partial charge >= 0.3 is 6.18 Å². The van der Waals surface area contributed by atoms with Crippen LogP contribution in [0.1, 0.15) is 52.0 Å².